The van der Waals surface area contributed by atoms with E-state index in [2.05, 4.69) is 10.3 Å². The molecule has 0 spiro atoms. The number of benzene rings is 3. The van der Waals surface area contributed by atoms with Crippen molar-refractivity contribution in [1.82, 2.24) is 4.98 Å². The van der Waals surface area contributed by atoms with Gasteiger partial charge in [0.1, 0.15) is 11.3 Å². The number of ether oxygens (including phenoxy) is 1. The normalized spacial score (nSPS) is 13.4. The number of nitrogens with zero attached hydrogens (tertiary/aromatic N) is 1. The second-order valence-corrected chi connectivity index (χ2v) is 11.0. The molecule has 1 aromatic heterocycles. The Balaban J connectivity index is 1.75. The first-order valence-electron chi connectivity index (χ1n) is 9.78. The maximum Gasteiger partial charge on any atom is 0.274 e. The molecule has 1 N–H and O–H groups in total. The van der Waals surface area contributed by atoms with Crippen molar-refractivity contribution in [3.8, 4) is 5.75 Å². The zero-order valence-corrected chi connectivity index (χ0v) is 20.2. The molecule has 3 aromatic carbocycles. The molecule has 1 unspecified atom stereocenters. The summed E-state index contributed by atoms with van der Waals surface area (Å²) in [4.78, 5) is 17.8. The van der Waals surface area contributed by atoms with E-state index in [0.717, 1.165) is 23.1 Å². The highest BCUT2D eigenvalue weighted by Gasteiger charge is 2.39. The Morgan fingerprint density at radius 2 is 1.82 bits per heavy atom. The van der Waals surface area contributed by atoms with Gasteiger partial charge in [0.05, 0.1) is 14.6 Å². The Hall–Kier alpha value is -3.08. The summed E-state index contributed by atoms with van der Waals surface area (Å²) in [6, 6.07) is 13.3. The van der Waals surface area contributed by atoms with Crippen LogP contribution in [0.15, 0.2) is 65.6 Å². The summed E-state index contributed by atoms with van der Waals surface area (Å²) in [6.45, 7) is 1.39. The minimum absolute atomic E-state index is 0.0350. The van der Waals surface area contributed by atoms with Crippen LogP contribution in [0.4, 0.5) is 13.9 Å². The number of para-hydroxylation sites is 1. The second-order valence-electron chi connectivity index (χ2n) is 7.57. The molecular weight excluding hydrogens is 506 g/mol. The summed E-state index contributed by atoms with van der Waals surface area (Å²) in [7, 11) is -3.49. The Labute approximate surface area is 203 Å². The number of carbonyl (C=O) groups excluding carboxylic acids is 1. The van der Waals surface area contributed by atoms with Crippen molar-refractivity contribution in [2.75, 3.05) is 11.6 Å². The van der Waals surface area contributed by atoms with Gasteiger partial charge in [-0.15, -0.1) is 0 Å². The van der Waals surface area contributed by atoms with Crippen LogP contribution < -0.4 is 10.1 Å². The van der Waals surface area contributed by atoms with E-state index in [1.54, 1.807) is 18.2 Å². The number of rotatable bonds is 6. The van der Waals surface area contributed by atoms with Gasteiger partial charge in [-0.2, -0.15) is 0 Å². The number of nitrogens with one attached hydrogen (secondary N) is 1. The third-order valence-corrected chi connectivity index (χ3v) is 7.43. The largest absolute Gasteiger partial charge is 0.470 e. The van der Waals surface area contributed by atoms with Gasteiger partial charge in [0.15, 0.2) is 26.5 Å². The van der Waals surface area contributed by atoms with Crippen LogP contribution >= 0.6 is 22.9 Å². The van der Waals surface area contributed by atoms with E-state index in [0.29, 0.717) is 16.6 Å². The minimum Gasteiger partial charge on any atom is -0.470 e. The third kappa shape index (κ3) is 4.75. The lowest BCUT2D eigenvalue weighted by atomic mass is 9.94. The molecule has 11 heteroatoms. The van der Waals surface area contributed by atoms with Crippen molar-refractivity contribution < 1.29 is 26.7 Å². The van der Waals surface area contributed by atoms with Gasteiger partial charge in [-0.3, -0.25) is 10.1 Å². The number of sulfone groups is 1. The zero-order chi connectivity index (χ0) is 24.7. The van der Waals surface area contributed by atoms with Crippen molar-refractivity contribution in [1.29, 1.82) is 0 Å². The molecule has 0 saturated carbocycles. The van der Waals surface area contributed by atoms with Crippen LogP contribution in [0.3, 0.4) is 0 Å². The lowest BCUT2D eigenvalue weighted by Gasteiger charge is -2.30. The van der Waals surface area contributed by atoms with Gasteiger partial charge in [0, 0.05) is 17.9 Å². The Bertz CT molecular complexity index is 1510. The van der Waals surface area contributed by atoms with Gasteiger partial charge >= 0.3 is 0 Å². The molecule has 1 heterocycles. The summed E-state index contributed by atoms with van der Waals surface area (Å²) in [5.41, 5.74) is -1.09. The van der Waals surface area contributed by atoms with E-state index in [-0.39, 0.29) is 21.3 Å². The fourth-order valence-electron chi connectivity index (χ4n) is 3.22. The Morgan fingerprint density at radius 1 is 1.12 bits per heavy atom. The lowest BCUT2D eigenvalue weighted by molar-refractivity contribution is -0.130. The van der Waals surface area contributed by atoms with Crippen LogP contribution in [-0.2, 0) is 20.2 Å². The number of fused-ring (bicyclic) bond motifs is 1. The molecule has 0 aliphatic heterocycles. The van der Waals surface area contributed by atoms with Crippen molar-refractivity contribution >= 4 is 54.0 Å². The van der Waals surface area contributed by atoms with Gasteiger partial charge in [0.25, 0.3) is 5.91 Å². The van der Waals surface area contributed by atoms with Gasteiger partial charge < -0.3 is 4.74 Å². The first kappa shape index (κ1) is 24.1. The number of thiazole rings is 1. The van der Waals surface area contributed by atoms with E-state index in [1.807, 2.05) is 0 Å². The van der Waals surface area contributed by atoms with Crippen molar-refractivity contribution in [3.05, 3.63) is 82.9 Å². The fourth-order valence-corrected chi connectivity index (χ4v) is 5.01. The maximum absolute atomic E-state index is 14.4. The number of aromatic nitrogens is 1. The molecule has 1 amide bonds. The number of amides is 1. The summed E-state index contributed by atoms with van der Waals surface area (Å²) < 4.78 is 58.0. The number of hydrogen-bond donors (Lipinski definition) is 1. The highest BCUT2D eigenvalue weighted by molar-refractivity contribution is 7.90. The molecule has 0 aliphatic rings. The van der Waals surface area contributed by atoms with E-state index in [4.69, 9.17) is 16.3 Å². The molecule has 0 aliphatic carbocycles. The van der Waals surface area contributed by atoms with E-state index < -0.39 is 33.0 Å². The van der Waals surface area contributed by atoms with Gasteiger partial charge in [-0.25, -0.2) is 22.2 Å². The number of anilines is 1. The standard InChI is InChI=1S/C23H17ClF2N2O4S2/c1-23(32-18-11-8-14(25)12-17(18)26,13-6-9-15(10-7-13)34(2,30)31)21(29)28-22-27-20-16(24)4-3-5-19(20)33-22/h3-12H,1-2H3,(H,27,28,29). The summed E-state index contributed by atoms with van der Waals surface area (Å²) in [5.74, 6) is -2.88. The van der Waals surface area contributed by atoms with E-state index in [9.17, 15) is 22.0 Å². The second kappa shape index (κ2) is 8.94. The fraction of sp³-hybridized carbons (Fsp3) is 0.130. The first-order valence-corrected chi connectivity index (χ1v) is 12.9. The molecule has 4 aromatic rings. The van der Waals surface area contributed by atoms with Gasteiger partial charge in [-0.05, 0) is 43.3 Å². The predicted octanol–water partition coefficient (Wildman–Crippen LogP) is 5.56. The Morgan fingerprint density at radius 3 is 2.44 bits per heavy atom. The van der Waals surface area contributed by atoms with E-state index >= 15 is 0 Å². The number of hydrogen-bond acceptors (Lipinski definition) is 6. The van der Waals surface area contributed by atoms with Crippen LogP contribution in [-0.4, -0.2) is 25.6 Å². The molecule has 4 rings (SSSR count). The average molecular weight is 523 g/mol. The van der Waals surface area contributed by atoms with Gasteiger partial charge in [-0.1, -0.05) is 41.1 Å². The van der Waals surface area contributed by atoms with Crippen LogP contribution in [0.1, 0.15) is 12.5 Å². The van der Waals surface area contributed by atoms with Crippen LogP contribution in [0.5, 0.6) is 5.75 Å². The first-order chi connectivity index (χ1) is 16.0. The number of carbonyl (C=O) groups is 1. The highest BCUT2D eigenvalue weighted by atomic mass is 35.5. The topological polar surface area (TPSA) is 85.4 Å². The van der Waals surface area contributed by atoms with Crippen LogP contribution in [0, 0.1) is 11.6 Å². The lowest BCUT2D eigenvalue weighted by Crippen LogP contribution is -2.43. The third-order valence-electron chi connectivity index (χ3n) is 5.06. The molecule has 0 bridgehead atoms. The van der Waals surface area contributed by atoms with E-state index in [1.165, 1.54) is 42.5 Å². The van der Waals surface area contributed by atoms with Crippen molar-refractivity contribution in [3.63, 3.8) is 0 Å². The average Bonchev–Trinajstić information content (AvgIpc) is 3.19. The van der Waals surface area contributed by atoms with Crippen molar-refractivity contribution in [2.45, 2.75) is 17.4 Å². The summed E-state index contributed by atoms with van der Waals surface area (Å²) >= 11 is 7.35. The van der Waals surface area contributed by atoms with Crippen LogP contribution in [0.2, 0.25) is 5.02 Å². The monoisotopic (exact) mass is 522 g/mol. The van der Waals surface area contributed by atoms with Crippen molar-refractivity contribution in [2.24, 2.45) is 0 Å². The molecule has 0 radical (unpaired) electrons. The maximum atomic E-state index is 14.4. The van der Waals surface area contributed by atoms with Crippen LogP contribution in [0.25, 0.3) is 10.2 Å². The molecular formula is C23H17ClF2N2O4S2. The Kier molecular flexibility index (Phi) is 6.32. The quantitative estimate of drug-likeness (QED) is 0.358. The summed E-state index contributed by atoms with van der Waals surface area (Å²) in [6.07, 6.45) is 1.05. The smallest absolute Gasteiger partial charge is 0.274 e. The molecule has 0 saturated heterocycles. The van der Waals surface area contributed by atoms with Gasteiger partial charge in [0.2, 0.25) is 5.60 Å². The SMILES string of the molecule is CC(Oc1ccc(F)cc1F)(C(=O)Nc1nc2c(Cl)cccc2s1)c1ccc(S(C)(=O)=O)cc1. The molecule has 6 nitrogen and oxygen atoms in total. The zero-order valence-electron chi connectivity index (χ0n) is 17.8. The molecule has 1 atom stereocenters. The minimum atomic E-state index is -3.49. The predicted molar refractivity (Wildman–Crippen MR) is 127 cm³/mol. The molecule has 34 heavy (non-hydrogen) atoms. The number of halogens is 3. The highest BCUT2D eigenvalue weighted by Crippen LogP contribution is 2.35. The summed E-state index contributed by atoms with van der Waals surface area (Å²) in [5, 5.41) is 3.31. The molecule has 176 valence electrons. The molecule has 0 fully saturated rings.